The van der Waals surface area contributed by atoms with Gasteiger partial charge in [-0.25, -0.2) is 0 Å². The Balaban J connectivity index is 3.29. The monoisotopic (exact) mass is 344 g/mol. The molecule has 0 amide bonds. The molecule has 2 N–H and O–H groups in total. The van der Waals surface area contributed by atoms with Gasteiger partial charge in [0.15, 0.2) is 6.21 Å². The molecule has 0 aromatic heterocycles. The van der Waals surface area contributed by atoms with E-state index in [2.05, 4.69) is 10.3 Å². The lowest BCUT2D eigenvalue weighted by molar-refractivity contribution is -0.345. The molecule has 1 rings (SSSR count). The topological polar surface area (TPSA) is 100 Å². The smallest absolute Gasteiger partial charge is 0.411 e. The summed E-state index contributed by atoms with van der Waals surface area (Å²) < 4.78 is 38.7. The summed E-state index contributed by atoms with van der Waals surface area (Å²) in [6, 6.07) is 1.96. The van der Waals surface area contributed by atoms with Crippen LogP contribution in [0.2, 0.25) is 10.0 Å². The van der Waals surface area contributed by atoms with Crippen molar-refractivity contribution < 1.29 is 23.3 Å². The molecule has 114 valence electrons. The fourth-order valence-electron chi connectivity index (χ4n) is 1.21. The van der Waals surface area contributed by atoms with Crippen LogP contribution < -0.4 is 5.43 Å². The van der Waals surface area contributed by atoms with Crippen molar-refractivity contribution >= 4 is 40.9 Å². The summed E-state index contributed by atoms with van der Waals surface area (Å²) in [7, 11) is 0. The number of nitrogens with zero attached hydrogens (tertiary/aromatic N) is 3. The van der Waals surface area contributed by atoms with Gasteiger partial charge in [-0.05, 0) is 17.1 Å². The van der Waals surface area contributed by atoms with Gasteiger partial charge < -0.3 is 15.3 Å². The van der Waals surface area contributed by atoms with E-state index in [0.29, 0.717) is 6.21 Å². The average molecular weight is 345 g/mol. The second-order valence-electron chi connectivity index (χ2n) is 3.37. The summed E-state index contributed by atoms with van der Waals surface area (Å²) in [6.07, 6.45) is -4.53. The molecule has 12 heteroatoms. The Kier molecular flexibility index (Phi) is 5.33. The summed E-state index contributed by atoms with van der Waals surface area (Å²) in [5, 5.41) is 23.0. The van der Waals surface area contributed by atoms with E-state index in [1.54, 1.807) is 0 Å². The second-order valence-corrected chi connectivity index (χ2v) is 4.15. The predicted octanol–water partition coefficient (Wildman–Crippen LogP) is 3.47. The number of halogens is 5. The summed E-state index contributed by atoms with van der Waals surface area (Å²) in [5.41, 5.74) is -0.145. The highest BCUT2D eigenvalue weighted by Gasteiger charge is 2.37. The molecule has 0 fully saturated rings. The third-order valence-electron chi connectivity index (χ3n) is 2.03. The molecule has 0 aliphatic heterocycles. The van der Waals surface area contributed by atoms with Crippen molar-refractivity contribution in [1.29, 1.82) is 0 Å². The van der Waals surface area contributed by atoms with Crippen LogP contribution in [0.25, 0.3) is 0 Å². The van der Waals surface area contributed by atoms with Gasteiger partial charge in [0.2, 0.25) is 0 Å². The number of hydrogen-bond donors (Lipinski definition) is 2. The fraction of sp³-hybridized carbons (Fsp3) is 0.111. The maximum Gasteiger partial charge on any atom is 0.420 e. The molecular formula is C9H5Cl2F3N4O3. The average Bonchev–Trinajstić information content (AvgIpc) is 2.36. The lowest BCUT2D eigenvalue weighted by Crippen LogP contribution is -2.16. The Morgan fingerprint density at radius 2 is 2.05 bits per heavy atom. The van der Waals surface area contributed by atoms with Crippen LogP contribution in [-0.2, 0) is 6.18 Å². The summed E-state index contributed by atoms with van der Waals surface area (Å²) in [6.45, 7) is 0. The zero-order valence-electron chi connectivity index (χ0n) is 9.73. The molecule has 0 saturated heterocycles. The Hall–Kier alpha value is -2.07. The van der Waals surface area contributed by atoms with Crippen LogP contribution in [0.1, 0.15) is 5.56 Å². The zero-order chi connectivity index (χ0) is 16.2. The minimum atomic E-state index is -4.86. The number of benzene rings is 1. The Labute approximate surface area is 124 Å². The van der Waals surface area contributed by atoms with Crippen molar-refractivity contribution in [2.24, 2.45) is 10.3 Å². The number of hydrogen-bond acceptors (Lipinski definition) is 6. The Bertz CT molecular complexity index is 619. The minimum Gasteiger partial charge on any atom is -0.411 e. The zero-order valence-corrected chi connectivity index (χ0v) is 11.2. The molecular weight excluding hydrogens is 340 g/mol. The summed E-state index contributed by atoms with van der Waals surface area (Å²) in [5.74, 6) is -1.02. The van der Waals surface area contributed by atoms with Crippen LogP contribution in [0.4, 0.5) is 18.9 Å². The molecule has 0 aliphatic rings. The van der Waals surface area contributed by atoms with Gasteiger partial charge in [-0.2, -0.15) is 18.6 Å². The highest BCUT2D eigenvalue weighted by Crippen LogP contribution is 2.42. The summed E-state index contributed by atoms with van der Waals surface area (Å²) in [4.78, 5) is 9.40. The molecule has 1 aromatic rings. The molecule has 0 heterocycles. The van der Waals surface area contributed by atoms with E-state index in [1.807, 2.05) is 5.43 Å². The Morgan fingerprint density at radius 3 is 2.52 bits per heavy atom. The second kappa shape index (κ2) is 6.59. The number of oxime groups is 1. The van der Waals surface area contributed by atoms with Crippen molar-refractivity contribution in [1.82, 2.24) is 0 Å². The molecule has 7 nitrogen and oxygen atoms in total. The van der Waals surface area contributed by atoms with Crippen molar-refractivity contribution in [3.05, 3.63) is 37.9 Å². The standard InChI is InChI=1S/C9H5Cl2F3N4O3/c10-4-1-2-5(7(8(4)11)9(12,13)14)16-17-6(3-15-19)18(20)21/h1-3,16,19H/b15-3+,17-6+. The van der Waals surface area contributed by atoms with Crippen LogP contribution in [-0.4, -0.2) is 22.2 Å². The van der Waals surface area contributed by atoms with Gasteiger partial charge in [0, 0.05) is 0 Å². The molecule has 21 heavy (non-hydrogen) atoms. The lowest BCUT2D eigenvalue weighted by Gasteiger charge is -2.13. The number of hydrazone groups is 1. The van der Waals surface area contributed by atoms with Gasteiger partial charge in [0.25, 0.3) is 0 Å². The summed E-state index contributed by atoms with van der Waals surface area (Å²) >= 11 is 11.0. The molecule has 1 aromatic carbocycles. The third kappa shape index (κ3) is 4.20. The number of nitrogens with one attached hydrogen (secondary N) is 1. The van der Waals surface area contributed by atoms with E-state index < -0.39 is 33.2 Å². The van der Waals surface area contributed by atoms with Gasteiger partial charge >= 0.3 is 12.0 Å². The normalized spacial score (nSPS) is 12.7. The molecule has 0 saturated carbocycles. The van der Waals surface area contributed by atoms with Crippen LogP contribution in [0, 0.1) is 10.1 Å². The first-order valence-corrected chi connectivity index (χ1v) is 5.64. The van der Waals surface area contributed by atoms with Crippen LogP contribution in [0.15, 0.2) is 22.4 Å². The van der Waals surface area contributed by atoms with E-state index in [9.17, 15) is 23.3 Å². The largest absolute Gasteiger partial charge is 0.420 e. The van der Waals surface area contributed by atoms with Crippen molar-refractivity contribution in [3.8, 4) is 0 Å². The van der Waals surface area contributed by atoms with Crippen molar-refractivity contribution in [2.75, 3.05) is 5.43 Å². The highest BCUT2D eigenvalue weighted by atomic mass is 35.5. The molecule has 0 aliphatic carbocycles. The maximum absolute atomic E-state index is 12.9. The van der Waals surface area contributed by atoms with Gasteiger partial charge in [-0.3, -0.25) is 0 Å². The number of nitro groups is 1. The van der Waals surface area contributed by atoms with Gasteiger partial charge in [-0.1, -0.05) is 28.4 Å². The van der Waals surface area contributed by atoms with Crippen LogP contribution >= 0.6 is 23.2 Å². The van der Waals surface area contributed by atoms with Gasteiger partial charge in [0.05, 0.1) is 20.8 Å². The van der Waals surface area contributed by atoms with E-state index in [1.165, 1.54) is 0 Å². The number of alkyl halides is 3. The van der Waals surface area contributed by atoms with E-state index >= 15 is 0 Å². The maximum atomic E-state index is 12.9. The van der Waals surface area contributed by atoms with Gasteiger partial charge in [0.1, 0.15) is 5.56 Å². The van der Waals surface area contributed by atoms with Gasteiger partial charge in [-0.15, -0.1) is 0 Å². The minimum absolute atomic E-state index is 0.331. The molecule has 0 atom stereocenters. The van der Waals surface area contributed by atoms with E-state index in [0.717, 1.165) is 12.1 Å². The first-order valence-electron chi connectivity index (χ1n) is 4.89. The van der Waals surface area contributed by atoms with Crippen molar-refractivity contribution in [3.63, 3.8) is 0 Å². The highest BCUT2D eigenvalue weighted by molar-refractivity contribution is 6.42. The molecule has 0 unspecified atom stereocenters. The number of rotatable bonds is 3. The molecule has 0 bridgehead atoms. The lowest BCUT2D eigenvalue weighted by atomic mass is 10.1. The van der Waals surface area contributed by atoms with Crippen molar-refractivity contribution in [2.45, 2.75) is 6.18 Å². The van der Waals surface area contributed by atoms with E-state index in [-0.39, 0.29) is 5.02 Å². The SMILES string of the molecule is O=[N+]([O-])C(/C=N/O)=N/Nc1ccc(Cl)c(Cl)c1C(F)(F)F. The van der Waals surface area contributed by atoms with Crippen LogP contribution in [0.5, 0.6) is 0 Å². The fourth-order valence-corrected chi connectivity index (χ4v) is 1.64. The first-order chi connectivity index (χ1) is 9.68. The quantitative estimate of drug-likeness (QED) is 0.288. The third-order valence-corrected chi connectivity index (χ3v) is 2.83. The number of amidine groups is 1. The van der Waals surface area contributed by atoms with E-state index in [4.69, 9.17) is 28.4 Å². The Morgan fingerprint density at radius 1 is 1.43 bits per heavy atom. The van der Waals surface area contributed by atoms with Crippen LogP contribution in [0.3, 0.4) is 0 Å². The molecule has 0 spiro atoms. The first kappa shape index (κ1) is 17.0. The molecule has 0 radical (unpaired) electrons. The predicted molar refractivity (Wildman–Crippen MR) is 69.8 cm³/mol. The number of anilines is 1.